The molecule has 1 aliphatic rings. The van der Waals surface area contributed by atoms with Gasteiger partial charge in [-0.25, -0.2) is 14.2 Å². The number of anilines is 3. The number of rotatable bonds is 12. The molecule has 2 atom stereocenters. The van der Waals surface area contributed by atoms with Crippen molar-refractivity contribution in [2.45, 2.75) is 90.7 Å². The normalized spacial score (nSPS) is 16.9. The van der Waals surface area contributed by atoms with Crippen LogP contribution in [0.25, 0.3) is 11.2 Å². The first-order chi connectivity index (χ1) is 21.2. The van der Waals surface area contributed by atoms with Crippen LogP contribution in [0.2, 0.25) is 0 Å². The molecule has 4 heterocycles. The second-order valence-electron chi connectivity index (χ2n) is 13.0. The van der Waals surface area contributed by atoms with E-state index in [1.165, 1.54) is 0 Å². The number of hydrogen-bond acceptors (Lipinski definition) is 10. The van der Waals surface area contributed by atoms with E-state index in [0.29, 0.717) is 41.6 Å². The largest absolute Gasteiger partial charge is 0.478 e. The summed E-state index contributed by atoms with van der Waals surface area (Å²) in [6.07, 6.45) is 5.47. The summed E-state index contributed by atoms with van der Waals surface area (Å²) < 4.78 is 29.5. The zero-order valence-corrected chi connectivity index (χ0v) is 27.2. The lowest BCUT2D eigenvalue weighted by molar-refractivity contribution is -0.117. The minimum atomic E-state index is -1.30. The highest BCUT2D eigenvalue weighted by Crippen LogP contribution is 2.33. The Morgan fingerprint density at radius 3 is 2.56 bits per heavy atom. The molecule has 45 heavy (non-hydrogen) atoms. The molecule has 246 valence electrons. The van der Waals surface area contributed by atoms with Gasteiger partial charge in [-0.05, 0) is 66.9 Å². The van der Waals surface area contributed by atoms with Crippen LogP contribution in [0, 0.1) is 0 Å². The van der Waals surface area contributed by atoms with E-state index in [1.807, 2.05) is 31.5 Å². The lowest BCUT2D eigenvalue weighted by Crippen LogP contribution is -2.40. The number of methoxy groups -OCH3 is 1. The summed E-state index contributed by atoms with van der Waals surface area (Å²) in [5.74, 6) is 0.693. The fourth-order valence-corrected chi connectivity index (χ4v) is 4.92. The Balaban J connectivity index is 1.50. The van der Waals surface area contributed by atoms with Crippen LogP contribution in [0.3, 0.4) is 0 Å². The van der Waals surface area contributed by atoms with Gasteiger partial charge in [0.2, 0.25) is 11.9 Å². The van der Waals surface area contributed by atoms with Crippen LogP contribution in [-0.4, -0.2) is 85.9 Å². The average molecular weight is 629 g/mol. The van der Waals surface area contributed by atoms with Crippen LogP contribution in [0.15, 0.2) is 25.2 Å². The fourth-order valence-electron chi connectivity index (χ4n) is 4.92. The third-order valence-corrected chi connectivity index (χ3v) is 7.06. The van der Waals surface area contributed by atoms with Gasteiger partial charge in [0.1, 0.15) is 23.0 Å². The molecule has 3 N–H and O–H groups in total. The van der Waals surface area contributed by atoms with Gasteiger partial charge in [-0.3, -0.25) is 9.48 Å². The van der Waals surface area contributed by atoms with Crippen LogP contribution in [-0.2, 0) is 21.6 Å². The zero-order valence-electron chi connectivity index (χ0n) is 27.2. The molecule has 2 amide bonds. The maximum absolute atomic E-state index is 14.9. The summed E-state index contributed by atoms with van der Waals surface area (Å²) in [5, 5.41) is 13.4. The first-order valence-electron chi connectivity index (χ1n) is 15.1. The van der Waals surface area contributed by atoms with Crippen LogP contribution in [0.4, 0.5) is 26.6 Å². The molecule has 0 bridgehead atoms. The lowest BCUT2D eigenvalue weighted by atomic mass is 10.1. The molecule has 1 saturated heterocycles. The number of halogens is 1. The number of imidazole rings is 1. The number of carbonyl (C=O) groups excluding carboxylic acids is 2. The van der Waals surface area contributed by atoms with Gasteiger partial charge in [-0.15, -0.1) is 5.10 Å². The van der Waals surface area contributed by atoms with Gasteiger partial charge >= 0.3 is 6.09 Å². The highest BCUT2D eigenvalue weighted by Gasteiger charge is 2.36. The Hall–Kier alpha value is -4.43. The fraction of sp³-hybridized carbons (Fsp3) is 0.600. The molecule has 15 heteroatoms. The van der Waals surface area contributed by atoms with Crippen LogP contribution < -0.4 is 25.6 Å². The van der Waals surface area contributed by atoms with Gasteiger partial charge in [0, 0.05) is 25.2 Å². The highest BCUT2D eigenvalue weighted by molar-refractivity contribution is 5.88. The summed E-state index contributed by atoms with van der Waals surface area (Å²) in [4.78, 5) is 39.4. The Labute approximate surface area is 262 Å². The number of aryl methyl sites for hydroxylation is 1. The number of unbranched alkanes of at least 4 members (excludes halogenated alkanes) is 2. The molecule has 0 aliphatic carbocycles. The number of alkyl halides is 1. The van der Waals surface area contributed by atoms with Gasteiger partial charge in [0.05, 0.1) is 32.2 Å². The molecule has 0 spiro atoms. The van der Waals surface area contributed by atoms with Crippen molar-refractivity contribution in [3.63, 3.8) is 0 Å². The van der Waals surface area contributed by atoms with Gasteiger partial charge in [-0.2, -0.15) is 9.97 Å². The van der Waals surface area contributed by atoms with E-state index in [0.717, 1.165) is 25.3 Å². The molecule has 4 rings (SSSR count). The number of hydrogen-bond donors (Lipinski definition) is 3. The van der Waals surface area contributed by atoms with Gasteiger partial charge in [0.15, 0.2) is 11.5 Å². The van der Waals surface area contributed by atoms with Gasteiger partial charge in [-0.1, -0.05) is 6.58 Å². The molecule has 3 aromatic rings. The zero-order chi connectivity index (χ0) is 32.9. The van der Waals surface area contributed by atoms with E-state index in [2.05, 4.69) is 58.4 Å². The van der Waals surface area contributed by atoms with Crippen molar-refractivity contribution in [2.24, 2.45) is 0 Å². The Morgan fingerprint density at radius 1 is 1.13 bits per heavy atom. The number of carbonyl (C=O) groups is 2. The van der Waals surface area contributed by atoms with Crippen LogP contribution in [0.5, 0.6) is 5.88 Å². The van der Waals surface area contributed by atoms with Crippen LogP contribution >= 0.6 is 0 Å². The standard InChI is InChI=1S/C30H45FN10O4/c1-9-22(42)34-20-16-39(15-19(20)31)27-36-24-23(41(18-33-24)29(2,3)4)25(37-27)35-21-17-40(38-26(21)44-8)14-12-10-11-13-32-28(43)45-30(5,6)7/h9,17-20H,1,10-16H2,2-8H3,(H,32,43)(H,34,42)(H,35,36,37)/t19-,20-/m1/s1. The van der Waals surface area contributed by atoms with E-state index in [1.54, 1.807) is 23.0 Å². The van der Waals surface area contributed by atoms with Crippen molar-refractivity contribution in [3.05, 3.63) is 25.2 Å². The van der Waals surface area contributed by atoms with Crippen LogP contribution in [0.1, 0.15) is 60.8 Å². The molecule has 0 saturated carbocycles. The van der Waals surface area contributed by atoms with Crippen molar-refractivity contribution in [1.82, 2.24) is 39.9 Å². The Morgan fingerprint density at radius 2 is 1.89 bits per heavy atom. The maximum atomic E-state index is 14.9. The number of fused-ring (bicyclic) bond motifs is 1. The molecular weight excluding hydrogens is 583 g/mol. The monoisotopic (exact) mass is 628 g/mol. The number of aromatic nitrogens is 6. The van der Waals surface area contributed by atoms with E-state index >= 15 is 0 Å². The molecule has 0 aromatic carbocycles. The second kappa shape index (κ2) is 13.7. The number of nitrogens with zero attached hydrogens (tertiary/aromatic N) is 7. The molecular formula is C30H45FN10O4. The minimum Gasteiger partial charge on any atom is -0.478 e. The van der Waals surface area contributed by atoms with E-state index < -0.39 is 29.8 Å². The Bertz CT molecular complexity index is 1510. The molecule has 3 aromatic heterocycles. The summed E-state index contributed by atoms with van der Waals surface area (Å²) in [5.41, 5.74) is 0.849. The van der Waals surface area contributed by atoms with E-state index in [4.69, 9.17) is 14.5 Å². The quantitative estimate of drug-likeness (QED) is 0.198. The maximum Gasteiger partial charge on any atom is 0.407 e. The summed E-state index contributed by atoms with van der Waals surface area (Å²) in [6, 6.07) is -0.718. The minimum absolute atomic E-state index is 0.0154. The van der Waals surface area contributed by atoms with Crippen molar-refractivity contribution < 1.29 is 23.5 Å². The lowest BCUT2D eigenvalue weighted by Gasteiger charge is -2.23. The number of amides is 2. The Kier molecular flexibility index (Phi) is 10.2. The van der Waals surface area contributed by atoms with Gasteiger partial charge < -0.3 is 34.9 Å². The highest BCUT2D eigenvalue weighted by atomic mass is 19.1. The predicted molar refractivity (Wildman–Crippen MR) is 170 cm³/mol. The topological polar surface area (TPSA) is 153 Å². The number of alkyl carbamates (subject to hydrolysis) is 1. The summed E-state index contributed by atoms with van der Waals surface area (Å²) in [6.45, 7) is 16.5. The molecule has 1 fully saturated rings. The van der Waals surface area contributed by atoms with E-state index in [-0.39, 0.29) is 24.6 Å². The summed E-state index contributed by atoms with van der Waals surface area (Å²) in [7, 11) is 1.55. The van der Waals surface area contributed by atoms with Crippen molar-refractivity contribution in [2.75, 3.05) is 37.0 Å². The van der Waals surface area contributed by atoms with Crippen molar-refractivity contribution in [3.8, 4) is 5.88 Å². The number of nitrogens with one attached hydrogen (secondary N) is 3. The average Bonchev–Trinajstić information content (AvgIpc) is 3.66. The van der Waals surface area contributed by atoms with E-state index in [9.17, 15) is 14.0 Å². The molecule has 0 unspecified atom stereocenters. The smallest absolute Gasteiger partial charge is 0.407 e. The summed E-state index contributed by atoms with van der Waals surface area (Å²) >= 11 is 0. The van der Waals surface area contributed by atoms with Crippen molar-refractivity contribution >= 4 is 40.6 Å². The molecule has 0 radical (unpaired) electrons. The number of ether oxygens (including phenoxy) is 2. The second-order valence-corrected chi connectivity index (χ2v) is 13.0. The molecule has 1 aliphatic heterocycles. The first kappa shape index (κ1) is 33.5. The third kappa shape index (κ3) is 8.60. The third-order valence-electron chi connectivity index (χ3n) is 7.06. The van der Waals surface area contributed by atoms with Crippen molar-refractivity contribution in [1.29, 1.82) is 0 Å². The van der Waals surface area contributed by atoms with Gasteiger partial charge in [0.25, 0.3) is 5.88 Å². The SMILES string of the molecule is C=CC(=O)N[C@@H]1CN(c2nc(Nc3cn(CCCCCNC(=O)OC(C)(C)C)nc3OC)c3c(ncn3C(C)(C)C)n2)C[C@H]1F. The molecule has 14 nitrogen and oxygen atoms in total. The first-order valence-corrected chi connectivity index (χ1v) is 15.1. The predicted octanol–water partition coefficient (Wildman–Crippen LogP) is 4.05.